The minimum absolute atomic E-state index is 0. The third kappa shape index (κ3) is 5850. The normalized spacial score (nSPS) is 4.83. The van der Waals surface area contributed by atoms with Crippen LogP contribution in [0.1, 0.15) is 0 Å². The summed E-state index contributed by atoms with van der Waals surface area (Å²) < 4.78 is 31.6. The molecule has 0 amide bonds. The van der Waals surface area contributed by atoms with E-state index in [4.69, 9.17) is 17.5 Å². The summed E-state index contributed by atoms with van der Waals surface area (Å²) in [5.41, 5.74) is 0. The Labute approximate surface area is 84.2 Å². The molecule has 0 bridgehead atoms. The zero-order chi connectivity index (χ0) is 4.50. The minimum atomic E-state index is -4.67. The van der Waals surface area contributed by atoms with Crippen LogP contribution in [0.4, 0.5) is 0 Å². The largest absolute Gasteiger partial charge is 2.00 e. The van der Waals surface area contributed by atoms with Crippen molar-refractivity contribution in [3.63, 3.8) is 0 Å². The summed E-state index contributed by atoms with van der Waals surface area (Å²) in [6, 6.07) is 0. The Hall–Kier alpha value is 0.396. The maximum atomic E-state index is 8.74. The average Bonchev–Trinajstić information content (AvgIpc) is 0.722. The van der Waals surface area contributed by atoms with Crippen molar-refractivity contribution in [3.05, 3.63) is 0 Å². The van der Waals surface area contributed by atoms with E-state index in [0.717, 1.165) is 0 Å². The fourth-order valence-corrected chi connectivity index (χ4v) is 0. The maximum Gasteiger partial charge on any atom is 2.00 e. The van der Waals surface area contributed by atoms with E-state index in [9.17, 15) is 0 Å². The first-order valence-corrected chi connectivity index (χ1v) is 2.10. The second-order valence-electron chi connectivity index (χ2n) is 0.448. The molecule has 0 aliphatic rings. The Balaban J connectivity index is -0.00000000381. The van der Waals surface area contributed by atoms with Crippen molar-refractivity contribution in [2.45, 2.75) is 0 Å². The van der Waals surface area contributed by atoms with E-state index < -0.39 is 10.4 Å². The molecule has 0 atom stereocenters. The fraction of sp³-hybridized carbons (Fsp3) is 0. The molecular formula is H14MgO10S+2. The Morgan fingerprint density at radius 1 is 0.667 bits per heavy atom. The Morgan fingerprint density at radius 3 is 0.667 bits per heavy atom. The van der Waals surface area contributed by atoms with Crippen LogP contribution in [0.2, 0.25) is 0 Å². The van der Waals surface area contributed by atoms with Gasteiger partial charge in [0.15, 0.2) is 0 Å². The summed E-state index contributed by atoms with van der Waals surface area (Å²) in [4.78, 5) is 0. The van der Waals surface area contributed by atoms with Gasteiger partial charge in [0.25, 0.3) is 0 Å². The predicted octanol–water partition coefficient (Wildman–Crippen LogP) is -5.98. The van der Waals surface area contributed by atoms with Crippen LogP contribution < -0.4 is 0 Å². The zero-order valence-electron chi connectivity index (χ0n) is 5.83. The van der Waals surface area contributed by atoms with Crippen LogP contribution in [0.15, 0.2) is 0 Å². The number of hydrogen-bond acceptors (Lipinski definition) is 2. The van der Waals surface area contributed by atoms with Crippen LogP contribution in [0.5, 0.6) is 0 Å². The smallest absolute Gasteiger partial charge is 0.412 e. The SMILES string of the molecule is O.O.O.O.O.O.O=S(=O)(O)O.[Mg+2]. The van der Waals surface area contributed by atoms with Gasteiger partial charge >= 0.3 is 33.5 Å². The monoisotopic (exact) mass is 230 g/mol. The topological polar surface area (TPSA) is 264 Å². The van der Waals surface area contributed by atoms with Crippen molar-refractivity contribution >= 4 is 33.5 Å². The first-order chi connectivity index (χ1) is 2.00. The third-order valence-corrected chi connectivity index (χ3v) is 0. The van der Waals surface area contributed by atoms with Gasteiger partial charge in [-0.3, -0.25) is 9.11 Å². The molecular weight excluding hydrogens is 216 g/mol. The zero-order valence-corrected chi connectivity index (χ0v) is 8.06. The molecule has 0 fully saturated rings. The first kappa shape index (κ1) is 83.3. The van der Waals surface area contributed by atoms with Crippen molar-refractivity contribution in [1.82, 2.24) is 0 Å². The van der Waals surface area contributed by atoms with Gasteiger partial charge in [0.05, 0.1) is 0 Å². The van der Waals surface area contributed by atoms with Gasteiger partial charge in [0.1, 0.15) is 0 Å². The van der Waals surface area contributed by atoms with E-state index in [0.29, 0.717) is 0 Å². The van der Waals surface area contributed by atoms with Gasteiger partial charge in [-0.2, -0.15) is 8.42 Å². The summed E-state index contributed by atoms with van der Waals surface area (Å²) in [5.74, 6) is 0. The van der Waals surface area contributed by atoms with E-state index >= 15 is 0 Å². The predicted molar refractivity (Wildman–Crippen MR) is 41.6 cm³/mol. The number of rotatable bonds is 0. The van der Waals surface area contributed by atoms with E-state index in [-0.39, 0.29) is 55.9 Å². The second-order valence-corrected chi connectivity index (χ2v) is 1.34. The molecule has 0 rings (SSSR count). The fourth-order valence-electron chi connectivity index (χ4n) is 0. The molecule has 0 aromatic carbocycles. The van der Waals surface area contributed by atoms with E-state index in [2.05, 4.69) is 0 Å². The van der Waals surface area contributed by atoms with Gasteiger partial charge in [-0.15, -0.1) is 0 Å². The second kappa shape index (κ2) is 30.1. The Bertz CT molecular complexity index is 93.0. The summed E-state index contributed by atoms with van der Waals surface area (Å²) in [7, 11) is -4.67. The molecule has 12 heteroatoms. The van der Waals surface area contributed by atoms with Crippen LogP contribution >= 0.6 is 0 Å². The maximum absolute atomic E-state index is 8.74. The molecule has 0 heterocycles. The molecule has 80 valence electrons. The molecule has 12 heavy (non-hydrogen) atoms. The Morgan fingerprint density at radius 2 is 0.667 bits per heavy atom. The first-order valence-electron chi connectivity index (χ1n) is 0.698. The van der Waals surface area contributed by atoms with Gasteiger partial charge in [0.2, 0.25) is 0 Å². The van der Waals surface area contributed by atoms with Crippen molar-refractivity contribution in [1.29, 1.82) is 0 Å². The molecule has 0 spiro atoms. The quantitative estimate of drug-likeness (QED) is 0.303. The van der Waals surface area contributed by atoms with E-state index in [1.54, 1.807) is 0 Å². The van der Waals surface area contributed by atoms with Gasteiger partial charge in [0, 0.05) is 0 Å². The third-order valence-electron chi connectivity index (χ3n) is 0. The standard InChI is InChI=1S/Mg.H2O4S.6H2O/c;1-5(2,3)4;;;;;;/h;(H2,1,2,3,4);6*1H2/q+2;;;;;;;. The van der Waals surface area contributed by atoms with Gasteiger partial charge < -0.3 is 32.9 Å². The van der Waals surface area contributed by atoms with Crippen LogP contribution in [-0.4, -0.2) is 73.4 Å². The molecule has 10 nitrogen and oxygen atoms in total. The van der Waals surface area contributed by atoms with Crippen LogP contribution in [0.25, 0.3) is 0 Å². The summed E-state index contributed by atoms with van der Waals surface area (Å²) in [5, 5.41) is 0. The van der Waals surface area contributed by atoms with Crippen LogP contribution in [-0.2, 0) is 10.4 Å². The average molecular weight is 230 g/mol. The molecule has 0 aromatic heterocycles. The summed E-state index contributed by atoms with van der Waals surface area (Å²) in [6.45, 7) is 0. The van der Waals surface area contributed by atoms with Crippen LogP contribution in [0, 0.1) is 0 Å². The van der Waals surface area contributed by atoms with Crippen molar-refractivity contribution in [2.24, 2.45) is 0 Å². The summed E-state index contributed by atoms with van der Waals surface area (Å²) in [6.07, 6.45) is 0. The van der Waals surface area contributed by atoms with Crippen molar-refractivity contribution in [2.75, 3.05) is 0 Å². The van der Waals surface area contributed by atoms with E-state index in [1.807, 2.05) is 0 Å². The molecule has 0 unspecified atom stereocenters. The van der Waals surface area contributed by atoms with E-state index in [1.165, 1.54) is 0 Å². The molecule has 0 radical (unpaired) electrons. The Kier molecular flexibility index (Phi) is 209. The minimum Gasteiger partial charge on any atom is -0.412 e. The molecule has 14 N–H and O–H groups in total. The van der Waals surface area contributed by atoms with Crippen molar-refractivity contribution < 1.29 is 50.4 Å². The van der Waals surface area contributed by atoms with Crippen LogP contribution in [0.3, 0.4) is 0 Å². The van der Waals surface area contributed by atoms with Gasteiger partial charge in [-0.1, -0.05) is 0 Å². The van der Waals surface area contributed by atoms with Gasteiger partial charge in [-0.25, -0.2) is 0 Å². The van der Waals surface area contributed by atoms with Crippen molar-refractivity contribution in [3.8, 4) is 0 Å². The van der Waals surface area contributed by atoms with Gasteiger partial charge in [-0.05, 0) is 0 Å². The molecule has 0 saturated carbocycles. The molecule has 0 aliphatic heterocycles. The number of hydrogen-bond donors (Lipinski definition) is 2. The molecule has 0 saturated heterocycles. The molecule has 0 aliphatic carbocycles. The summed E-state index contributed by atoms with van der Waals surface area (Å²) >= 11 is 0. The molecule has 0 aromatic rings.